The van der Waals surface area contributed by atoms with Gasteiger partial charge in [-0.1, -0.05) is 0 Å². The zero-order chi connectivity index (χ0) is 15.0. The lowest BCUT2D eigenvalue weighted by atomic mass is 10.2. The molecule has 0 aliphatic carbocycles. The molecular weight excluding hydrogens is 284 g/mol. The van der Waals surface area contributed by atoms with Crippen molar-refractivity contribution in [2.75, 3.05) is 13.1 Å². The Hall–Kier alpha value is -1.40. The first-order valence-electron chi connectivity index (χ1n) is 7.52. The van der Waals surface area contributed by atoms with Crippen molar-refractivity contribution in [3.63, 3.8) is 0 Å². The van der Waals surface area contributed by atoms with Crippen molar-refractivity contribution in [2.45, 2.75) is 46.2 Å². The number of hydrogen-bond acceptors (Lipinski definition) is 4. The van der Waals surface area contributed by atoms with Crippen molar-refractivity contribution >= 4 is 22.2 Å². The number of likely N-dealkylation sites (tertiary alicyclic amines) is 1. The largest absolute Gasteiger partial charge is 0.341 e. The van der Waals surface area contributed by atoms with Crippen LogP contribution in [-0.2, 0) is 11.3 Å². The first-order chi connectivity index (χ1) is 10.1. The summed E-state index contributed by atoms with van der Waals surface area (Å²) in [7, 11) is 0. The number of carbonyl (C=O) groups is 1. The van der Waals surface area contributed by atoms with Crippen LogP contribution in [0.4, 0.5) is 0 Å². The molecule has 3 rings (SSSR count). The molecule has 1 saturated heterocycles. The Bertz CT molecular complexity index is 654. The van der Waals surface area contributed by atoms with Gasteiger partial charge in [-0.05, 0) is 33.6 Å². The van der Waals surface area contributed by atoms with Gasteiger partial charge in [0.15, 0.2) is 4.96 Å². The minimum atomic E-state index is -0.146. The summed E-state index contributed by atoms with van der Waals surface area (Å²) in [6.07, 6.45) is 4.38. The first-order valence-corrected chi connectivity index (χ1v) is 8.34. The smallest absolute Gasteiger partial charge is 0.239 e. The molecule has 3 heterocycles. The Morgan fingerprint density at radius 1 is 1.43 bits per heavy atom. The van der Waals surface area contributed by atoms with Crippen LogP contribution in [0.1, 0.15) is 36.0 Å². The number of imidazole rings is 1. The third-order valence-corrected chi connectivity index (χ3v) is 5.00. The highest BCUT2D eigenvalue weighted by Gasteiger charge is 2.23. The van der Waals surface area contributed by atoms with Gasteiger partial charge in [-0.25, -0.2) is 4.98 Å². The van der Waals surface area contributed by atoms with Gasteiger partial charge in [-0.2, -0.15) is 0 Å². The molecular formula is C15H22N4OS. The molecule has 1 N–H and O–H groups in total. The molecule has 6 heteroatoms. The van der Waals surface area contributed by atoms with Gasteiger partial charge in [0.05, 0.1) is 17.4 Å². The lowest BCUT2D eigenvalue weighted by Gasteiger charge is -2.21. The molecule has 1 atom stereocenters. The lowest BCUT2D eigenvalue weighted by Crippen LogP contribution is -2.43. The summed E-state index contributed by atoms with van der Waals surface area (Å²) < 4.78 is 2.13. The molecule has 2 aromatic heterocycles. The molecule has 21 heavy (non-hydrogen) atoms. The molecule has 1 amide bonds. The highest BCUT2D eigenvalue weighted by molar-refractivity contribution is 7.17. The van der Waals surface area contributed by atoms with Crippen molar-refractivity contribution < 1.29 is 4.79 Å². The number of rotatable bonds is 4. The van der Waals surface area contributed by atoms with Gasteiger partial charge >= 0.3 is 0 Å². The summed E-state index contributed by atoms with van der Waals surface area (Å²) in [6.45, 7) is 8.55. The molecule has 5 nitrogen and oxygen atoms in total. The number of thiazole rings is 1. The molecule has 1 unspecified atom stereocenters. The molecule has 2 aromatic rings. The number of fused-ring (bicyclic) bond motifs is 1. The summed E-state index contributed by atoms with van der Waals surface area (Å²) in [6, 6.07) is -0.146. The maximum absolute atomic E-state index is 12.3. The zero-order valence-electron chi connectivity index (χ0n) is 12.8. The van der Waals surface area contributed by atoms with E-state index in [0.29, 0.717) is 6.54 Å². The summed E-state index contributed by atoms with van der Waals surface area (Å²) >= 11 is 1.70. The monoisotopic (exact) mass is 306 g/mol. The third-order valence-electron chi connectivity index (χ3n) is 4.10. The molecule has 1 aliphatic rings. The van der Waals surface area contributed by atoms with Crippen molar-refractivity contribution in [2.24, 2.45) is 0 Å². The molecule has 0 radical (unpaired) electrons. The van der Waals surface area contributed by atoms with Gasteiger partial charge in [0.1, 0.15) is 0 Å². The predicted octanol–water partition coefficient (Wildman–Crippen LogP) is 2.11. The van der Waals surface area contributed by atoms with Crippen LogP contribution in [0, 0.1) is 13.8 Å². The van der Waals surface area contributed by atoms with Gasteiger partial charge in [0.25, 0.3) is 0 Å². The standard InChI is InChI=1S/C15H22N4OS/c1-10-9-19-13(11(2)17-15(19)21-10)8-16-12(3)14(20)18-6-4-5-7-18/h9,12,16H,4-8H2,1-3H3. The highest BCUT2D eigenvalue weighted by atomic mass is 32.1. The van der Waals surface area contributed by atoms with E-state index in [1.807, 2.05) is 18.7 Å². The van der Waals surface area contributed by atoms with E-state index < -0.39 is 0 Å². The number of nitrogens with one attached hydrogen (secondary N) is 1. The van der Waals surface area contributed by atoms with E-state index in [1.54, 1.807) is 11.3 Å². The van der Waals surface area contributed by atoms with E-state index in [-0.39, 0.29) is 11.9 Å². The molecule has 1 aliphatic heterocycles. The Morgan fingerprint density at radius 3 is 2.86 bits per heavy atom. The fourth-order valence-corrected chi connectivity index (χ4v) is 3.76. The van der Waals surface area contributed by atoms with Crippen molar-refractivity contribution in [3.05, 3.63) is 22.5 Å². The number of aromatic nitrogens is 2. The third kappa shape index (κ3) is 2.82. The summed E-state index contributed by atoms with van der Waals surface area (Å²) in [4.78, 5) is 21.1. The average Bonchev–Trinajstić information content (AvgIpc) is 3.12. The van der Waals surface area contributed by atoms with Gasteiger partial charge in [0.2, 0.25) is 5.91 Å². The minimum absolute atomic E-state index is 0.146. The zero-order valence-corrected chi connectivity index (χ0v) is 13.7. The Balaban J connectivity index is 1.68. The van der Waals surface area contributed by atoms with Crippen molar-refractivity contribution in [3.8, 4) is 0 Å². The molecule has 0 saturated carbocycles. The van der Waals surface area contributed by atoms with E-state index in [9.17, 15) is 4.79 Å². The van der Waals surface area contributed by atoms with E-state index in [0.717, 1.165) is 42.3 Å². The SMILES string of the molecule is Cc1cn2c(CNC(C)C(=O)N3CCCC3)c(C)nc2s1. The number of hydrogen-bond donors (Lipinski definition) is 1. The quantitative estimate of drug-likeness (QED) is 0.941. The predicted molar refractivity (Wildman–Crippen MR) is 84.7 cm³/mol. The van der Waals surface area contributed by atoms with Crippen LogP contribution in [0.3, 0.4) is 0 Å². The van der Waals surface area contributed by atoms with E-state index in [1.165, 1.54) is 4.88 Å². The van der Waals surface area contributed by atoms with Gasteiger partial charge in [0, 0.05) is 30.7 Å². The Labute approximate surface area is 129 Å². The molecule has 1 fully saturated rings. The van der Waals surface area contributed by atoms with E-state index in [4.69, 9.17) is 0 Å². The number of amides is 1. The first kappa shape index (κ1) is 14.5. The van der Waals surface area contributed by atoms with Crippen LogP contribution >= 0.6 is 11.3 Å². The van der Waals surface area contributed by atoms with E-state index in [2.05, 4.69) is 27.8 Å². The molecule has 0 spiro atoms. The normalized spacial score (nSPS) is 16.8. The maximum atomic E-state index is 12.3. The fraction of sp³-hybridized carbons (Fsp3) is 0.600. The second-order valence-corrected chi connectivity index (χ2v) is 6.99. The fourth-order valence-electron chi connectivity index (χ4n) is 2.87. The second kappa shape index (κ2) is 5.77. The van der Waals surface area contributed by atoms with Gasteiger partial charge in [-0.15, -0.1) is 11.3 Å². The van der Waals surface area contributed by atoms with Crippen LogP contribution in [-0.4, -0.2) is 39.3 Å². The van der Waals surface area contributed by atoms with Gasteiger partial charge in [-0.3, -0.25) is 9.20 Å². The minimum Gasteiger partial charge on any atom is -0.341 e. The molecule has 0 bridgehead atoms. The topological polar surface area (TPSA) is 49.6 Å². The van der Waals surface area contributed by atoms with Crippen LogP contribution in [0.25, 0.3) is 4.96 Å². The Kier molecular flexibility index (Phi) is 3.99. The molecule has 0 aromatic carbocycles. The van der Waals surface area contributed by atoms with Crippen LogP contribution in [0.15, 0.2) is 6.20 Å². The summed E-state index contributed by atoms with van der Waals surface area (Å²) in [5.41, 5.74) is 2.19. The number of aryl methyl sites for hydroxylation is 2. The van der Waals surface area contributed by atoms with Crippen molar-refractivity contribution in [1.82, 2.24) is 19.6 Å². The van der Waals surface area contributed by atoms with Crippen LogP contribution in [0.5, 0.6) is 0 Å². The van der Waals surface area contributed by atoms with E-state index >= 15 is 0 Å². The van der Waals surface area contributed by atoms with Crippen LogP contribution in [0.2, 0.25) is 0 Å². The van der Waals surface area contributed by atoms with Gasteiger partial charge < -0.3 is 10.2 Å². The summed E-state index contributed by atoms with van der Waals surface area (Å²) in [5.74, 6) is 0.215. The van der Waals surface area contributed by atoms with Crippen molar-refractivity contribution in [1.29, 1.82) is 0 Å². The average molecular weight is 306 g/mol. The van der Waals surface area contributed by atoms with Crippen LogP contribution < -0.4 is 5.32 Å². The lowest BCUT2D eigenvalue weighted by molar-refractivity contribution is -0.132. The Morgan fingerprint density at radius 2 is 2.14 bits per heavy atom. The number of carbonyl (C=O) groups excluding carboxylic acids is 1. The second-order valence-electron chi connectivity index (χ2n) is 5.77. The number of nitrogens with zero attached hydrogens (tertiary/aromatic N) is 3. The highest BCUT2D eigenvalue weighted by Crippen LogP contribution is 2.20. The maximum Gasteiger partial charge on any atom is 0.239 e. The summed E-state index contributed by atoms with van der Waals surface area (Å²) in [5, 5.41) is 3.36. The molecule has 114 valence electrons.